The molecule has 0 unspecified atom stereocenters. The van der Waals surface area contributed by atoms with Crippen LogP contribution in [0.3, 0.4) is 0 Å². The van der Waals surface area contributed by atoms with E-state index in [1.165, 1.54) is 4.52 Å². The Labute approximate surface area is 193 Å². The lowest BCUT2D eigenvalue weighted by molar-refractivity contribution is -0.145. The summed E-state index contributed by atoms with van der Waals surface area (Å²) in [6.45, 7) is -0.602. The highest BCUT2D eigenvalue weighted by Crippen LogP contribution is 2.21. The van der Waals surface area contributed by atoms with Crippen LogP contribution in [0.25, 0.3) is 0 Å². The number of ether oxygens (including phenoxy) is 2. The summed E-state index contributed by atoms with van der Waals surface area (Å²) in [6, 6.07) is 0. The molecule has 1 aliphatic heterocycles. The average molecular weight is 491 g/mol. The number of thioether (sulfide) groups is 1. The number of hydrogen-bond donors (Lipinski definition) is 0. The first-order chi connectivity index (χ1) is 14.9. The summed E-state index contributed by atoms with van der Waals surface area (Å²) in [5.74, 6) is 1.24. The van der Waals surface area contributed by atoms with Gasteiger partial charge in [0.05, 0.1) is 0 Å². The summed E-state index contributed by atoms with van der Waals surface area (Å²) in [6.07, 6.45) is 5.83. The van der Waals surface area contributed by atoms with Gasteiger partial charge in [0.25, 0.3) is 11.1 Å². The number of rotatable bonds is 0. The lowest BCUT2D eigenvalue weighted by Crippen LogP contribution is -2.21. The molecule has 0 N–H and O–H groups in total. The SMILES string of the molecule is O=C1CCCCCSCCCCCC(=O)OCc2c(Cl)c(=O)n3c(=O)c(Cl)c(n23)CO1. The molecule has 0 radical (unpaired) electrons. The Morgan fingerprint density at radius 3 is 1.55 bits per heavy atom. The largest absolute Gasteiger partial charge is 0.459 e. The Morgan fingerprint density at radius 2 is 1.10 bits per heavy atom. The van der Waals surface area contributed by atoms with Gasteiger partial charge in [-0.25, -0.2) is 4.52 Å². The van der Waals surface area contributed by atoms with Crippen LogP contribution >= 0.6 is 35.0 Å². The van der Waals surface area contributed by atoms with Crippen LogP contribution in [0.4, 0.5) is 0 Å². The van der Waals surface area contributed by atoms with Gasteiger partial charge in [-0.15, -0.1) is 0 Å². The third-order valence-electron chi connectivity index (χ3n) is 5.06. The second kappa shape index (κ2) is 11.2. The van der Waals surface area contributed by atoms with Gasteiger partial charge in [0.1, 0.15) is 34.6 Å². The lowest BCUT2D eigenvalue weighted by atomic mass is 10.2. The minimum atomic E-state index is -0.770. The van der Waals surface area contributed by atoms with Crippen molar-refractivity contribution in [2.75, 3.05) is 11.5 Å². The van der Waals surface area contributed by atoms with Gasteiger partial charge >= 0.3 is 11.9 Å². The molecule has 2 aromatic rings. The molecule has 3 rings (SSSR count). The zero-order valence-corrected chi connectivity index (χ0v) is 19.3. The van der Waals surface area contributed by atoms with E-state index in [-0.39, 0.29) is 47.5 Å². The molecule has 0 saturated heterocycles. The Hall–Kier alpha value is -1.71. The fourth-order valence-electron chi connectivity index (χ4n) is 3.39. The van der Waals surface area contributed by atoms with Gasteiger partial charge in [0, 0.05) is 12.8 Å². The third-order valence-corrected chi connectivity index (χ3v) is 6.97. The molecule has 0 bridgehead atoms. The topological polar surface area (TPSA) is 95.6 Å². The summed E-state index contributed by atoms with van der Waals surface area (Å²) >= 11 is 14.1. The average Bonchev–Trinajstić information content (AvgIpc) is 3.13. The van der Waals surface area contributed by atoms with E-state index >= 15 is 0 Å². The predicted octanol–water partition coefficient (Wildman–Crippen LogP) is 3.46. The van der Waals surface area contributed by atoms with Crippen molar-refractivity contribution < 1.29 is 19.1 Å². The number of halogens is 2. The van der Waals surface area contributed by atoms with Crippen LogP contribution in [-0.4, -0.2) is 32.5 Å². The summed E-state index contributed by atoms with van der Waals surface area (Å²) in [4.78, 5) is 49.1. The summed E-state index contributed by atoms with van der Waals surface area (Å²) in [5, 5.41) is -0.485. The first kappa shape index (κ1) is 23.9. The molecule has 0 fully saturated rings. The van der Waals surface area contributed by atoms with E-state index in [1.54, 1.807) is 0 Å². The van der Waals surface area contributed by atoms with Gasteiger partial charge in [-0.05, 0) is 37.2 Å². The van der Waals surface area contributed by atoms with Crippen LogP contribution in [0.5, 0.6) is 0 Å². The maximum atomic E-state index is 12.4. The van der Waals surface area contributed by atoms with Crippen LogP contribution in [0, 0.1) is 0 Å². The Kier molecular flexibility index (Phi) is 8.68. The van der Waals surface area contributed by atoms with E-state index in [2.05, 4.69) is 0 Å². The standard InChI is InChI=1S/C20H24Cl2N2O6S/c21-17-13-11-29-15(25)7-3-1-5-9-31-10-6-2-4-8-16(26)30-12-14-18(22)20(28)24(19(17)27)23(13)14/h1-12H2. The molecular weight excluding hydrogens is 467 g/mol. The van der Waals surface area contributed by atoms with Crippen LogP contribution in [0.15, 0.2) is 9.59 Å². The minimum absolute atomic E-state index is 0.112. The van der Waals surface area contributed by atoms with E-state index < -0.39 is 23.1 Å². The number of aromatic nitrogens is 2. The molecule has 170 valence electrons. The zero-order chi connectivity index (χ0) is 22.4. The third kappa shape index (κ3) is 5.75. The Bertz CT molecular complexity index is 973. The van der Waals surface area contributed by atoms with Crippen molar-refractivity contribution in [3.05, 3.63) is 42.1 Å². The number of esters is 2. The highest BCUT2D eigenvalue weighted by atomic mass is 35.5. The van der Waals surface area contributed by atoms with Crippen molar-refractivity contribution in [1.29, 1.82) is 0 Å². The summed E-state index contributed by atoms with van der Waals surface area (Å²) in [5.41, 5.74) is -1.32. The van der Waals surface area contributed by atoms with Crippen molar-refractivity contribution in [2.45, 2.75) is 64.6 Å². The quantitative estimate of drug-likeness (QED) is 0.521. The smallest absolute Gasteiger partial charge is 0.306 e. The van der Waals surface area contributed by atoms with Crippen molar-refractivity contribution in [3.8, 4) is 0 Å². The molecule has 2 aromatic heterocycles. The monoisotopic (exact) mass is 490 g/mol. The van der Waals surface area contributed by atoms with E-state index in [4.69, 9.17) is 32.7 Å². The molecule has 31 heavy (non-hydrogen) atoms. The molecule has 3 heterocycles. The Balaban J connectivity index is 1.86. The number of hydrogen-bond acceptors (Lipinski definition) is 7. The maximum Gasteiger partial charge on any atom is 0.306 e. The predicted molar refractivity (Wildman–Crippen MR) is 118 cm³/mol. The molecule has 0 spiro atoms. The lowest BCUT2D eigenvalue weighted by Gasteiger charge is -2.09. The first-order valence-corrected chi connectivity index (χ1v) is 12.2. The van der Waals surface area contributed by atoms with Gasteiger partial charge in [-0.1, -0.05) is 36.0 Å². The molecule has 0 aromatic carbocycles. The highest BCUT2D eigenvalue weighted by molar-refractivity contribution is 7.99. The molecule has 0 aliphatic carbocycles. The summed E-state index contributed by atoms with van der Waals surface area (Å²) in [7, 11) is 0. The van der Waals surface area contributed by atoms with Crippen LogP contribution in [0.2, 0.25) is 10.0 Å². The normalized spacial score (nSPS) is 18.5. The van der Waals surface area contributed by atoms with E-state index in [0.29, 0.717) is 12.8 Å². The second-order valence-corrected chi connectivity index (χ2v) is 9.29. The number of carbonyl (C=O) groups excluding carboxylic acids is 2. The molecule has 11 heteroatoms. The van der Waals surface area contributed by atoms with Crippen LogP contribution in [-0.2, 0) is 32.3 Å². The number of carbonyl (C=O) groups is 2. The van der Waals surface area contributed by atoms with E-state index in [1.807, 2.05) is 11.8 Å². The number of cyclic esters (lactones) is 2. The molecule has 8 nitrogen and oxygen atoms in total. The fourth-order valence-corrected chi connectivity index (χ4v) is 4.84. The van der Waals surface area contributed by atoms with Gasteiger partial charge < -0.3 is 9.47 Å². The van der Waals surface area contributed by atoms with Crippen molar-refractivity contribution in [2.24, 2.45) is 0 Å². The number of nitrogens with zero attached hydrogens (tertiary/aromatic N) is 2. The zero-order valence-electron chi connectivity index (χ0n) is 17.0. The van der Waals surface area contributed by atoms with Crippen molar-refractivity contribution in [1.82, 2.24) is 9.03 Å². The Morgan fingerprint density at radius 1 is 0.645 bits per heavy atom. The van der Waals surface area contributed by atoms with Crippen LogP contribution in [0.1, 0.15) is 62.8 Å². The molecular formula is C20H24Cl2N2O6S. The molecule has 0 amide bonds. The molecule has 1 aliphatic rings. The highest BCUT2D eigenvalue weighted by Gasteiger charge is 2.26. The second-order valence-electron chi connectivity index (χ2n) is 7.31. The van der Waals surface area contributed by atoms with E-state index in [9.17, 15) is 19.2 Å². The molecule has 0 atom stereocenters. The minimum Gasteiger partial charge on any atom is -0.459 e. The van der Waals surface area contributed by atoms with Gasteiger partial charge in [-0.2, -0.15) is 16.3 Å². The van der Waals surface area contributed by atoms with Gasteiger partial charge in [-0.3, -0.25) is 19.2 Å². The first-order valence-electron chi connectivity index (χ1n) is 10.3. The summed E-state index contributed by atoms with van der Waals surface area (Å²) < 4.78 is 12.5. The maximum absolute atomic E-state index is 12.4. The fraction of sp³-hybridized carbons (Fsp3) is 0.600. The van der Waals surface area contributed by atoms with E-state index in [0.717, 1.165) is 41.7 Å². The van der Waals surface area contributed by atoms with Crippen molar-refractivity contribution >= 4 is 46.9 Å². The van der Waals surface area contributed by atoms with Gasteiger partial charge in [0.15, 0.2) is 0 Å². The van der Waals surface area contributed by atoms with Gasteiger partial charge in [0.2, 0.25) is 0 Å². The molecule has 0 saturated carbocycles. The van der Waals surface area contributed by atoms with Crippen molar-refractivity contribution in [3.63, 3.8) is 0 Å². The van der Waals surface area contributed by atoms with Crippen LogP contribution < -0.4 is 11.1 Å².